The Morgan fingerprint density at radius 3 is 2.12 bits per heavy atom. The molecule has 0 amide bonds. The molecule has 0 aromatic carbocycles. The van der Waals surface area contributed by atoms with Crippen LogP contribution in [0.5, 0.6) is 0 Å². The van der Waals surface area contributed by atoms with Crippen molar-refractivity contribution < 1.29 is 4.21 Å². The molecule has 0 radical (unpaired) electrons. The van der Waals surface area contributed by atoms with E-state index in [1.54, 1.807) is 0 Å². The van der Waals surface area contributed by atoms with Gasteiger partial charge in [0.15, 0.2) is 0 Å². The highest BCUT2D eigenvalue weighted by molar-refractivity contribution is 7.66. The summed E-state index contributed by atoms with van der Waals surface area (Å²) < 4.78 is 10.1. The third kappa shape index (κ3) is 2.36. The molecule has 0 saturated heterocycles. The van der Waals surface area contributed by atoms with E-state index >= 15 is 0 Å². The van der Waals surface area contributed by atoms with Crippen LogP contribution in [0, 0.1) is 5.92 Å². The van der Waals surface area contributed by atoms with Crippen LogP contribution in [0.25, 0.3) is 0 Å². The quantitative estimate of drug-likeness (QED) is 0.537. The molecule has 2 heteroatoms. The lowest BCUT2D eigenvalue weighted by Crippen LogP contribution is -2.10. The van der Waals surface area contributed by atoms with Gasteiger partial charge in [-0.05, 0) is 13.3 Å². The summed E-state index contributed by atoms with van der Waals surface area (Å²) in [5.74, 6) is 0.567. The van der Waals surface area contributed by atoms with Crippen molar-refractivity contribution in [3.05, 3.63) is 0 Å². The van der Waals surface area contributed by atoms with Crippen LogP contribution >= 0.6 is 0 Å². The Labute approximate surface area is 55.0 Å². The summed E-state index contributed by atoms with van der Waals surface area (Å²) in [6.07, 6.45) is 1.11. The van der Waals surface area contributed by atoms with E-state index in [0.29, 0.717) is 17.6 Å². The zero-order chi connectivity index (χ0) is 6.57. The maximum absolute atomic E-state index is 10.1. The monoisotopic (exact) mass is 133 g/mol. The second-order valence-electron chi connectivity index (χ2n) is 2.19. The van der Waals surface area contributed by atoms with Crippen molar-refractivity contribution >= 4 is 11.7 Å². The Hall–Kier alpha value is 0.0200. The number of rotatable bonds is 3. The second-order valence-corrected chi connectivity index (χ2v) is 3.12. The number of hydrogen-bond acceptors (Lipinski definition) is 1. The second kappa shape index (κ2) is 3.96. The normalized spacial score (nSPS) is 17.4. The third-order valence-corrected chi connectivity index (χ3v) is 2.37. The molecule has 0 rings (SSSR count). The van der Waals surface area contributed by atoms with Crippen LogP contribution in [0.3, 0.4) is 0 Å². The van der Waals surface area contributed by atoms with Gasteiger partial charge in [0.2, 0.25) is 5.25 Å². The fraction of sp³-hybridized carbons (Fsp3) is 1.00. The zero-order valence-corrected chi connectivity index (χ0v) is 6.49. The average molecular weight is 133 g/mol. The van der Waals surface area contributed by atoms with Crippen molar-refractivity contribution in [3.63, 3.8) is 0 Å². The Morgan fingerprint density at radius 2 is 2.00 bits per heavy atom. The van der Waals surface area contributed by atoms with Gasteiger partial charge in [-0.25, -0.2) is 0 Å². The molecule has 0 heterocycles. The van der Waals surface area contributed by atoms with E-state index in [1.807, 2.05) is 6.92 Å². The Balaban J connectivity index is 3.44. The van der Waals surface area contributed by atoms with Crippen LogP contribution in [-0.4, -0.2) is 5.25 Å². The van der Waals surface area contributed by atoms with Gasteiger partial charge < -0.3 is 0 Å². The van der Waals surface area contributed by atoms with Gasteiger partial charge in [-0.1, -0.05) is 13.8 Å². The molecule has 8 heavy (non-hydrogen) atoms. The van der Waals surface area contributed by atoms with Crippen LogP contribution in [-0.2, 0) is 15.9 Å². The predicted octanol–water partition coefficient (Wildman–Crippen LogP) is 1.85. The predicted molar refractivity (Wildman–Crippen MR) is 37.0 cm³/mol. The standard InChI is InChI=1S/C6H13OS/c1-4-5(2)6(3)8-7/h5-6H,4H2,1-3H3/q+1. The first-order valence-electron chi connectivity index (χ1n) is 3.01. The fourth-order valence-corrected chi connectivity index (χ4v) is 0.809. The van der Waals surface area contributed by atoms with Crippen molar-refractivity contribution in [1.82, 2.24) is 0 Å². The summed E-state index contributed by atoms with van der Waals surface area (Å²) >= 11 is 0.707. The van der Waals surface area contributed by atoms with Gasteiger partial charge in [-0.15, -0.1) is 0 Å². The molecule has 0 saturated carbocycles. The van der Waals surface area contributed by atoms with Gasteiger partial charge in [0.1, 0.15) is 0 Å². The minimum absolute atomic E-state index is 0.278. The summed E-state index contributed by atoms with van der Waals surface area (Å²) in [5, 5.41) is 0.278. The van der Waals surface area contributed by atoms with Crippen molar-refractivity contribution in [2.24, 2.45) is 5.92 Å². The summed E-state index contributed by atoms with van der Waals surface area (Å²) in [7, 11) is 0. The molecular formula is C6H13OS+. The molecule has 1 nitrogen and oxygen atoms in total. The molecule has 2 unspecified atom stereocenters. The van der Waals surface area contributed by atoms with E-state index in [1.165, 1.54) is 0 Å². The van der Waals surface area contributed by atoms with Crippen LogP contribution in [0.1, 0.15) is 27.2 Å². The zero-order valence-electron chi connectivity index (χ0n) is 5.68. The largest absolute Gasteiger partial charge is 0.462 e. The fourth-order valence-electron chi connectivity index (χ4n) is 0.427. The van der Waals surface area contributed by atoms with Gasteiger partial charge in [0.25, 0.3) is 0 Å². The smallest absolute Gasteiger partial charge is 0.0649 e. The highest BCUT2D eigenvalue weighted by atomic mass is 32.1. The van der Waals surface area contributed by atoms with Crippen molar-refractivity contribution in [3.8, 4) is 0 Å². The third-order valence-electron chi connectivity index (χ3n) is 1.60. The molecule has 0 N–H and O–H groups in total. The molecular weight excluding hydrogens is 120 g/mol. The van der Waals surface area contributed by atoms with E-state index in [9.17, 15) is 4.21 Å². The topological polar surface area (TPSA) is 17.1 Å². The van der Waals surface area contributed by atoms with Crippen molar-refractivity contribution in [2.45, 2.75) is 32.4 Å². The maximum Gasteiger partial charge on any atom is 0.462 e. The summed E-state index contributed by atoms with van der Waals surface area (Å²) in [5.41, 5.74) is 0. The molecule has 48 valence electrons. The molecule has 0 aromatic rings. The molecule has 0 aliphatic rings. The van der Waals surface area contributed by atoms with Gasteiger partial charge >= 0.3 is 11.7 Å². The van der Waals surface area contributed by atoms with Gasteiger partial charge in [0, 0.05) is 10.1 Å². The molecule has 0 aliphatic carbocycles. The summed E-state index contributed by atoms with van der Waals surface area (Å²) in [6, 6.07) is 0. The van der Waals surface area contributed by atoms with Crippen LogP contribution in [0.15, 0.2) is 0 Å². The Kier molecular flexibility index (Phi) is 3.97. The summed E-state index contributed by atoms with van der Waals surface area (Å²) in [4.78, 5) is 0. The highest BCUT2D eigenvalue weighted by Crippen LogP contribution is 2.07. The van der Waals surface area contributed by atoms with Crippen LogP contribution < -0.4 is 0 Å². The minimum Gasteiger partial charge on any atom is -0.0649 e. The molecule has 0 fully saturated rings. The maximum atomic E-state index is 10.1. The average Bonchev–Trinajstić information content (AvgIpc) is 1.84. The van der Waals surface area contributed by atoms with E-state index in [0.717, 1.165) is 6.42 Å². The number of hydrogen-bond donors (Lipinski definition) is 0. The van der Waals surface area contributed by atoms with Crippen LogP contribution in [0.2, 0.25) is 0 Å². The molecule has 0 bridgehead atoms. The molecule has 0 spiro atoms. The van der Waals surface area contributed by atoms with Crippen LogP contribution in [0.4, 0.5) is 0 Å². The molecule has 0 aliphatic heterocycles. The Bertz CT molecular complexity index is 72.9. The van der Waals surface area contributed by atoms with Gasteiger partial charge in [-0.2, -0.15) is 0 Å². The first-order valence-corrected chi connectivity index (χ1v) is 3.81. The van der Waals surface area contributed by atoms with E-state index < -0.39 is 0 Å². The lowest BCUT2D eigenvalue weighted by Gasteiger charge is -1.99. The van der Waals surface area contributed by atoms with E-state index in [-0.39, 0.29) is 5.25 Å². The SMILES string of the molecule is CCC(C)C(C)[S+]=O. The molecule has 0 aromatic heterocycles. The van der Waals surface area contributed by atoms with E-state index in [4.69, 9.17) is 0 Å². The van der Waals surface area contributed by atoms with Crippen molar-refractivity contribution in [1.29, 1.82) is 0 Å². The minimum atomic E-state index is 0.278. The highest BCUT2D eigenvalue weighted by Gasteiger charge is 2.20. The first kappa shape index (κ1) is 8.02. The lowest BCUT2D eigenvalue weighted by molar-refractivity contribution is 0.534. The Morgan fingerprint density at radius 1 is 1.50 bits per heavy atom. The van der Waals surface area contributed by atoms with Gasteiger partial charge in [0.05, 0.1) is 0 Å². The van der Waals surface area contributed by atoms with Gasteiger partial charge in [-0.3, -0.25) is 0 Å². The lowest BCUT2D eigenvalue weighted by atomic mass is 10.1. The first-order chi connectivity index (χ1) is 3.72. The molecule has 2 atom stereocenters. The van der Waals surface area contributed by atoms with E-state index in [2.05, 4.69) is 13.8 Å². The summed E-state index contributed by atoms with van der Waals surface area (Å²) in [6.45, 7) is 6.19. The van der Waals surface area contributed by atoms with Crippen molar-refractivity contribution in [2.75, 3.05) is 0 Å².